The summed E-state index contributed by atoms with van der Waals surface area (Å²) in [6, 6.07) is 18.0. The van der Waals surface area contributed by atoms with Crippen molar-refractivity contribution in [2.45, 2.75) is 25.4 Å². The van der Waals surface area contributed by atoms with Gasteiger partial charge in [-0.3, -0.25) is 14.5 Å². The smallest absolute Gasteiger partial charge is 0.306 e. The number of rotatable bonds is 9. The fourth-order valence-corrected chi connectivity index (χ4v) is 5.24. The van der Waals surface area contributed by atoms with Crippen LogP contribution in [0.15, 0.2) is 70.5 Å². The van der Waals surface area contributed by atoms with E-state index in [0.29, 0.717) is 19.5 Å². The van der Waals surface area contributed by atoms with E-state index < -0.39 is 0 Å². The summed E-state index contributed by atoms with van der Waals surface area (Å²) in [5.74, 6) is -0.359. The Balaban J connectivity index is 1.53. The average molecular weight is 468 g/mol. The topological polar surface area (TPSA) is 62.2 Å². The van der Waals surface area contributed by atoms with Crippen LogP contribution in [0.3, 0.4) is 0 Å². The first kappa shape index (κ1) is 22.4. The third kappa shape index (κ3) is 5.51. The molecule has 0 aliphatic carbocycles. The van der Waals surface area contributed by atoms with Crippen molar-refractivity contribution in [3.05, 3.63) is 80.7 Å². The molecule has 1 atom stereocenters. The van der Waals surface area contributed by atoms with Gasteiger partial charge in [0.2, 0.25) is 0 Å². The lowest BCUT2D eigenvalue weighted by Gasteiger charge is -2.26. The molecule has 0 N–H and O–H groups in total. The minimum absolute atomic E-state index is 0.0734. The molecule has 0 saturated heterocycles. The van der Waals surface area contributed by atoms with Crippen molar-refractivity contribution in [3.63, 3.8) is 0 Å². The zero-order chi connectivity index (χ0) is 22.3. The fourth-order valence-electron chi connectivity index (χ4n) is 3.71. The van der Waals surface area contributed by atoms with Crippen molar-refractivity contribution in [3.8, 4) is 0 Å². The Kier molecular flexibility index (Phi) is 7.47. The summed E-state index contributed by atoms with van der Waals surface area (Å²) in [6.45, 7) is 1.18. The van der Waals surface area contributed by atoms with Gasteiger partial charge in [-0.2, -0.15) is 5.10 Å². The van der Waals surface area contributed by atoms with Gasteiger partial charge in [0.05, 0.1) is 36.7 Å². The molecule has 1 aliphatic heterocycles. The fraction of sp³-hybridized carbons (Fsp3) is 0.292. The van der Waals surface area contributed by atoms with Crippen LogP contribution in [-0.2, 0) is 20.9 Å². The highest BCUT2D eigenvalue weighted by Gasteiger charge is 2.34. The zero-order valence-electron chi connectivity index (χ0n) is 17.8. The first-order chi connectivity index (χ1) is 15.6. The van der Waals surface area contributed by atoms with Crippen LogP contribution < -0.4 is 0 Å². The predicted octanol–water partition coefficient (Wildman–Crippen LogP) is 4.55. The second kappa shape index (κ2) is 10.7. The van der Waals surface area contributed by atoms with Gasteiger partial charge in [0, 0.05) is 24.4 Å². The van der Waals surface area contributed by atoms with Crippen LogP contribution in [0.25, 0.3) is 0 Å². The second-order valence-corrected chi connectivity index (χ2v) is 9.45. The molecular formula is C24H25N3O3S2. The summed E-state index contributed by atoms with van der Waals surface area (Å²) >= 11 is 3.28. The van der Waals surface area contributed by atoms with Crippen molar-refractivity contribution in [1.29, 1.82) is 0 Å². The number of thiophene rings is 2. The van der Waals surface area contributed by atoms with Crippen LogP contribution in [0.1, 0.15) is 34.2 Å². The van der Waals surface area contributed by atoms with E-state index in [-0.39, 0.29) is 30.9 Å². The van der Waals surface area contributed by atoms with Gasteiger partial charge in [-0.05, 0) is 28.5 Å². The number of ether oxygens (including phenoxy) is 1. The van der Waals surface area contributed by atoms with E-state index in [4.69, 9.17) is 9.84 Å². The highest BCUT2D eigenvalue weighted by molar-refractivity contribution is 7.12. The van der Waals surface area contributed by atoms with Gasteiger partial charge in [0.15, 0.2) is 0 Å². The SMILES string of the molecule is COC(=O)CCN(CC(=O)N1N=C(c2cccs2)CC1c1cccs1)Cc1ccccc1. The van der Waals surface area contributed by atoms with E-state index in [1.54, 1.807) is 27.7 Å². The third-order valence-corrected chi connectivity index (χ3v) is 7.20. The molecule has 2 aromatic heterocycles. The highest BCUT2D eigenvalue weighted by atomic mass is 32.1. The Morgan fingerprint density at radius 1 is 1.09 bits per heavy atom. The van der Waals surface area contributed by atoms with Gasteiger partial charge in [-0.25, -0.2) is 5.01 Å². The Morgan fingerprint density at radius 2 is 1.88 bits per heavy atom. The van der Waals surface area contributed by atoms with Crippen molar-refractivity contribution in [1.82, 2.24) is 9.91 Å². The van der Waals surface area contributed by atoms with E-state index in [1.807, 2.05) is 64.2 Å². The Hall–Kier alpha value is -2.81. The number of hydrogen-bond donors (Lipinski definition) is 0. The lowest BCUT2D eigenvalue weighted by atomic mass is 10.1. The Morgan fingerprint density at radius 3 is 2.56 bits per heavy atom. The molecule has 1 aliphatic rings. The molecule has 0 radical (unpaired) electrons. The number of carbonyl (C=O) groups is 2. The number of hydrogen-bond acceptors (Lipinski definition) is 7. The maximum atomic E-state index is 13.4. The number of amides is 1. The molecule has 32 heavy (non-hydrogen) atoms. The monoisotopic (exact) mass is 467 g/mol. The van der Waals surface area contributed by atoms with E-state index in [2.05, 4.69) is 6.07 Å². The lowest BCUT2D eigenvalue weighted by Crippen LogP contribution is -2.38. The lowest BCUT2D eigenvalue weighted by molar-refractivity contribution is -0.142. The van der Waals surface area contributed by atoms with Crippen LogP contribution in [0, 0.1) is 0 Å². The molecule has 0 bridgehead atoms. The molecular weight excluding hydrogens is 442 g/mol. The number of carbonyl (C=O) groups excluding carboxylic acids is 2. The van der Waals surface area contributed by atoms with Gasteiger partial charge in [-0.1, -0.05) is 42.5 Å². The maximum Gasteiger partial charge on any atom is 0.306 e. The second-order valence-electron chi connectivity index (χ2n) is 7.52. The van der Waals surface area contributed by atoms with Crippen molar-refractivity contribution >= 4 is 40.3 Å². The minimum atomic E-state index is -0.286. The highest BCUT2D eigenvalue weighted by Crippen LogP contribution is 2.36. The Bertz CT molecular complexity index is 1050. The summed E-state index contributed by atoms with van der Waals surface area (Å²) in [5.41, 5.74) is 2.03. The maximum absolute atomic E-state index is 13.4. The molecule has 8 heteroatoms. The predicted molar refractivity (Wildman–Crippen MR) is 128 cm³/mol. The molecule has 3 aromatic rings. The van der Waals surface area contributed by atoms with Crippen LogP contribution >= 0.6 is 22.7 Å². The van der Waals surface area contributed by atoms with Crippen LogP contribution in [-0.4, -0.2) is 47.7 Å². The third-order valence-electron chi connectivity index (χ3n) is 5.31. The quantitative estimate of drug-likeness (QED) is 0.433. The number of hydrazone groups is 1. The molecule has 3 heterocycles. The van der Waals surface area contributed by atoms with Gasteiger partial charge < -0.3 is 4.74 Å². The number of methoxy groups -OCH3 is 1. The first-order valence-corrected chi connectivity index (χ1v) is 12.2. The van der Waals surface area contributed by atoms with Crippen LogP contribution in [0.2, 0.25) is 0 Å². The average Bonchev–Trinajstić information content (AvgIpc) is 3.58. The molecule has 0 fully saturated rings. The van der Waals surface area contributed by atoms with Crippen molar-refractivity contribution in [2.75, 3.05) is 20.2 Å². The van der Waals surface area contributed by atoms with Crippen LogP contribution in [0.5, 0.6) is 0 Å². The van der Waals surface area contributed by atoms with Gasteiger partial charge in [0.1, 0.15) is 0 Å². The zero-order valence-corrected chi connectivity index (χ0v) is 19.5. The number of nitrogens with zero attached hydrogens (tertiary/aromatic N) is 3. The number of benzene rings is 1. The molecule has 4 rings (SSSR count). The summed E-state index contributed by atoms with van der Waals surface area (Å²) in [7, 11) is 1.38. The summed E-state index contributed by atoms with van der Waals surface area (Å²) in [4.78, 5) is 29.4. The molecule has 1 aromatic carbocycles. The molecule has 1 amide bonds. The summed E-state index contributed by atoms with van der Waals surface area (Å²) < 4.78 is 4.80. The molecule has 0 saturated carbocycles. The standard InChI is InChI=1S/C24H25N3O3S2/c1-30-24(29)11-12-26(16-18-7-3-2-4-8-18)17-23(28)27-20(22-10-6-14-32-22)15-19(25-27)21-9-5-13-31-21/h2-10,13-14,20H,11-12,15-17H2,1H3. The first-order valence-electron chi connectivity index (χ1n) is 10.4. The summed E-state index contributed by atoms with van der Waals surface area (Å²) in [5, 5.41) is 10.4. The Labute approximate surface area is 195 Å². The molecule has 1 unspecified atom stereocenters. The van der Waals surface area contributed by atoms with Gasteiger partial charge in [0.25, 0.3) is 5.91 Å². The van der Waals surface area contributed by atoms with E-state index in [0.717, 1.165) is 21.0 Å². The summed E-state index contributed by atoms with van der Waals surface area (Å²) in [6.07, 6.45) is 0.933. The largest absolute Gasteiger partial charge is 0.469 e. The van der Waals surface area contributed by atoms with Crippen molar-refractivity contribution in [2.24, 2.45) is 5.10 Å². The van der Waals surface area contributed by atoms with Gasteiger partial charge in [-0.15, -0.1) is 22.7 Å². The van der Waals surface area contributed by atoms with E-state index >= 15 is 0 Å². The minimum Gasteiger partial charge on any atom is -0.469 e. The van der Waals surface area contributed by atoms with E-state index in [9.17, 15) is 9.59 Å². The number of esters is 1. The van der Waals surface area contributed by atoms with E-state index in [1.165, 1.54) is 7.11 Å². The van der Waals surface area contributed by atoms with Crippen LogP contribution in [0.4, 0.5) is 0 Å². The van der Waals surface area contributed by atoms with Crippen molar-refractivity contribution < 1.29 is 14.3 Å². The van der Waals surface area contributed by atoms with Gasteiger partial charge >= 0.3 is 5.97 Å². The normalized spacial score (nSPS) is 15.8. The molecule has 0 spiro atoms. The molecule has 6 nitrogen and oxygen atoms in total. The molecule has 166 valence electrons.